The molecule has 2 rings (SSSR count). The van der Waals surface area contributed by atoms with E-state index in [0.717, 1.165) is 24.6 Å². The molecule has 2 nitrogen and oxygen atoms in total. The van der Waals surface area contributed by atoms with Crippen LogP contribution >= 0.6 is 23.1 Å². The van der Waals surface area contributed by atoms with Crippen LogP contribution in [-0.4, -0.2) is 29.6 Å². The van der Waals surface area contributed by atoms with Crippen molar-refractivity contribution >= 4 is 23.1 Å². The normalized spacial score (nSPS) is 21.0. The molecular formula is C11H18N2S2. The van der Waals surface area contributed by atoms with Crippen molar-refractivity contribution < 1.29 is 0 Å². The van der Waals surface area contributed by atoms with E-state index in [9.17, 15) is 0 Å². The number of aromatic nitrogens is 1. The fourth-order valence-electron chi connectivity index (χ4n) is 1.76. The molecule has 0 saturated carbocycles. The van der Waals surface area contributed by atoms with Crippen molar-refractivity contribution in [3.63, 3.8) is 0 Å². The molecule has 0 bridgehead atoms. The van der Waals surface area contributed by atoms with Gasteiger partial charge in [-0.1, -0.05) is 0 Å². The number of nitrogens with zero attached hydrogens (tertiary/aromatic N) is 1. The van der Waals surface area contributed by atoms with Gasteiger partial charge in [0.25, 0.3) is 0 Å². The largest absolute Gasteiger partial charge is 0.316 e. The van der Waals surface area contributed by atoms with E-state index in [2.05, 4.69) is 34.4 Å². The van der Waals surface area contributed by atoms with Gasteiger partial charge in [-0.2, -0.15) is 11.8 Å². The van der Waals surface area contributed by atoms with Crippen LogP contribution in [0.15, 0.2) is 5.38 Å². The molecule has 1 N–H and O–H groups in total. The summed E-state index contributed by atoms with van der Waals surface area (Å²) >= 11 is 3.87. The molecular weight excluding hydrogens is 224 g/mol. The van der Waals surface area contributed by atoms with Crippen LogP contribution < -0.4 is 5.32 Å². The second kappa shape index (κ2) is 5.87. The molecule has 1 aromatic rings. The van der Waals surface area contributed by atoms with Crippen LogP contribution in [0.1, 0.15) is 17.1 Å². The maximum absolute atomic E-state index is 4.45. The molecule has 4 heteroatoms. The second-order valence-corrected chi connectivity index (χ2v) is 6.16. The summed E-state index contributed by atoms with van der Waals surface area (Å²) in [5, 5.41) is 6.93. The molecule has 0 spiro atoms. The average molecular weight is 242 g/mol. The topological polar surface area (TPSA) is 24.9 Å². The number of thiazole rings is 1. The van der Waals surface area contributed by atoms with E-state index in [1.807, 2.05) is 0 Å². The van der Waals surface area contributed by atoms with E-state index in [-0.39, 0.29) is 0 Å². The van der Waals surface area contributed by atoms with Gasteiger partial charge in [-0.3, -0.25) is 0 Å². The van der Waals surface area contributed by atoms with Gasteiger partial charge in [-0.25, -0.2) is 4.98 Å². The van der Waals surface area contributed by atoms with Crippen molar-refractivity contribution in [1.82, 2.24) is 10.3 Å². The molecule has 1 unspecified atom stereocenters. The van der Waals surface area contributed by atoms with Gasteiger partial charge in [0.2, 0.25) is 0 Å². The zero-order valence-electron chi connectivity index (χ0n) is 9.16. The van der Waals surface area contributed by atoms with Gasteiger partial charge >= 0.3 is 0 Å². The smallest absolute Gasteiger partial charge is 0.0940 e. The number of hydrogen-bond donors (Lipinski definition) is 1. The van der Waals surface area contributed by atoms with Crippen LogP contribution in [0.25, 0.3) is 0 Å². The molecule has 1 atom stereocenters. The van der Waals surface area contributed by atoms with Crippen LogP contribution in [-0.2, 0) is 6.42 Å². The summed E-state index contributed by atoms with van der Waals surface area (Å²) in [6, 6.07) is 0. The first-order valence-corrected chi connectivity index (χ1v) is 7.57. The minimum absolute atomic E-state index is 0.910. The zero-order valence-corrected chi connectivity index (χ0v) is 10.8. The van der Waals surface area contributed by atoms with E-state index >= 15 is 0 Å². The third-order valence-corrected chi connectivity index (χ3v) is 4.90. The molecule has 0 amide bonds. The Labute approximate surface area is 99.9 Å². The van der Waals surface area contributed by atoms with Crippen LogP contribution in [0.3, 0.4) is 0 Å². The van der Waals surface area contributed by atoms with Gasteiger partial charge in [0, 0.05) is 24.0 Å². The van der Waals surface area contributed by atoms with Crippen molar-refractivity contribution in [2.24, 2.45) is 5.92 Å². The lowest BCUT2D eigenvalue weighted by molar-refractivity contribution is 0.525. The Morgan fingerprint density at radius 2 is 2.53 bits per heavy atom. The van der Waals surface area contributed by atoms with E-state index in [1.54, 1.807) is 11.3 Å². The summed E-state index contributed by atoms with van der Waals surface area (Å²) in [5.41, 5.74) is 1.15. The summed E-state index contributed by atoms with van der Waals surface area (Å²) in [5.74, 6) is 3.62. The monoisotopic (exact) mass is 242 g/mol. The van der Waals surface area contributed by atoms with Crippen LogP contribution in [0.2, 0.25) is 0 Å². The first-order valence-electron chi connectivity index (χ1n) is 5.54. The van der Waals surface area contributed by atoms with Crippen molar-refractivity contribution in [1.29, 1.82) is 0 Å². The Morgan fingerprint density at radius 3 is 3.20 bits per heavy atom. The SMILES string of the molecule is Cc1csc(CCNCC2CCSC2)n1. The summed E-state index contributed by atoms with van der Waals surface area (Å²) in [6.45, 7) is 4.33. The highest BCUT2D eigenvalue weighted by Gasteiger charge is 2.14. The van der Waals surface area contributed by atoms with E-state index in [4.69, 9.17) is 0 Å². The molecule has 1 fully saturated rings. The highest BCUT2D eigenvalue weighted by molar-refractivity contribution is 7.99. The summed E-state index contributed by atoms with van der Waals surface area (Å²) in [6.07, 6.45) is 2.48. The molecule has 0 radical (unpaired) electrons. The quantitative estimate of drug-likeness (QED) is 0.802. The molecule has 1 aliphatic heterocycles. The molecule has 1 saturated heterocycles. The number of nitrogens with one attached hydrogen (secondary N) is 1. The lowest BCUT2D eigenvalue weighted by Crippen LogP contribution is -2.24. The molecule has 84 valence electrons. The Morgan fingerprint density at radius 1 is 1.60 bits per heavy atom. The molecule has 15 heavy (non-hydrogen) atoms. The summed E-state index contributed by atoms with van der Waals surface area (Å²) in [7, 11) is 0. The van der Waals surface area contributed by atoms with Gasteiger partial charge in [0.1, 0.15) is 0 Å². The molecule has 2 heterocycles. The van der Waals surface area contributed by atoms with Crippen LogP contribution in [0.4, 0.5) is 0 Å². The maximum atomic E-state index is 4.45. The molecule has 1 aromatic heterocycles. The van der Waals surface area contributed by atoms with Crippen LogP contribution in [0, 0.1) is 12.8 Å². The van der Waals surface area contributed by atoms with E-state index < -0.39 is 0 Å². The Bertz CT molecular complexity index is 293. The predicted octanol–water partition coefficient (Wildman–Crippen LogP) is 2.34. The first-order chi connectivity index (χ1) is 7.34. The van der Waals surface area contributed by atoms with Gasteiger partial charge < -0.3 is 5.32 Å². The highest BCUT2D eigenvalue weighted by Crippen LogP contribution is 2.22. The van der Waals surface area contributed by atoms with Crippen molar-refractivity contribution in [3.8, 4) is 0 Å². The van der Waals surface area contributed by atoms with Gasteiger partial charge in [-0.05, 0) is 37.3 Å². The van der Waals surface area contributed by atoms with Crippen LogP contribution in [0.5, 0.6) is 0 Å². The molecule has 0 aromatic carbocycles. The second-order valence-electron chi connectivity index (χ2n) is 4.07. The zero-order chi connectivity index (χ0) is 10.5. The van der Waals surface area contributed by atoms with E-state index in [1.165, 1.54) is 29.5 Å². The Kier molecular flexibility index (Phi) is 4.47. The summed E-state index contributed by atoms with van der Waals surface area (Å²) < 4.78 is 0. The standard InChI is InChI=1S/C11H18N2S2/c1-9-7-15-11(13-9)2-4-12-6-10-3-5-14-8-10/h7,10,12H,2-6,8H2,1H3. The van der Waals surface area contributed by atoms with E-state index in [0.29, 0.717) is 0 Å². The Balaban J connectivity index is 1.58. The predicted molar refractivity (Wildman–Crippen MR) is 68.9 cm³/mol. The number of rotatable bonds is 5. The third kappa shape index (κ3) is 3.78. The number of thioether (sulfide) groups is 1. The van der Waals surface area contributed by atoms with Crippen molar-refractivity contribution in [2.75, 3.05) is 24.6 Å². The fourth-order valence-corrected chi connectivity index (χ4v) is 3.82. The fraction of sp³-hybridized carbons (Fsp3) is 0.727. The molecule has 1 aliphatic rings. The number of aryl methyl sites for hydroxylation is 1. The lowest BCUT2D eigenvalue weighted by Gasteiger charge is -2.08. The highest BCUT2D eigenvalue weighted by atomic mass is 32.2. The van der Waals surface area contributed by atoms with Gasteiger partial charge in [0.05, 0.1) is 5.01 Å². The average Bonchev–Trinajstić information content (AvgIpc) is 2.84. The van der Waals surface area contributed by atoms with Gasteiger partial charge in [-0.15, -0.1) is 11.3 Å². The van der Waals surface area contributed by atoms with Gasteiger partial charge in [0.15, 0.2) is 0 Å². The first kappa shape index (κ1) is 11.4. The molecule has 0 aliphatic carbocycles. The summed E-state index contributed by atoms with van der Waals surface area (Å²) in [4.78, 5) is 4.45. The number of hydrogen-bond acceptors (Lipinski definition) is 4. The third-order valence-electron chi connectivity index (χ3n) is 2.64. The Hall–Kier alpha value is -0.0600. The maximum Gasteiger partial charge on any atom is 0.0940 e. The van der Waals surface area contributed by atoms with Crippen molar-refractivity contribution in [2.45, 2.75) is 19.8 Å². The minimum atomic E-state index is 0.910. The van der Waals surface area contributed by atoms with Crippen molar-refractivity contribution in [3.05, 3.63) is 16.1 Å². The lowest BCUT2D eigenvalue weighted by atomic mass is 10.1. The minimum Gasteiger partial charge on any atom is -0.316 e.